The van der Waals surface area contributed by atoms with Gasteiger partial charge in [-0.2, -0.15) is 0 Å². The highest BCUT2D eigenvalue weighted by atomic mass is 35.5. The number of methoxy groups -OCH3 is 1. The molecule has 0 saturated carbocycles. The van der Waals surface area contributed by atoms with Crippen molar-refractivity contribution < 1.29 is 14.3 Å². The van der Waals surface area contributed by atoms with Crippen LogP contribution in [-0.4, -0.2) is 24.0 Å². The number of nitrogens with zero attached hydrogens (tertiary/aromatic N) is 1. The second-order valence-corrected chi connectivity index (χ2v) is 5.97. The molecule has 0 atom stereocenters. The lowest BCUT2D eigenvalue weighted by Crippen LogP contribution is -2.13. The number of carbonyl (C=O) groups is 2. The molecule has 0 aliphatic heterocycles. The number of carbonyl (C=O) groups excluding carboxylic acids is 2. The zero-order valence-electron chi connectivity index (χ0n) is 14.4. The third-order valence-corrected chi connectivity index (χ3v) is 4.03. The molecule has 7 heteroatoms. The van der Waals surface area contributed by atoms with Gasteiger partial charge in [-0.1, -0.05) is 29.8 Å². The van der Waals surface area contributed by atoms with E-state index >= 15 is 0 Å². The number of hydrogen-bond acceptors (Lipinski definition) is 5. The summed E-state index contributed by atoms with van der Waals surface area (Å²) >= 11 is 6.12. The monoisotopic (exact) mass is 381 g/mol. The molecule has 2 aromatic carbocycles. The number of hydrogen-bond donors (Lipinski definition) is 2. The first-order chi connectivity index (χ1) is 13.1. The minimum Gasteiger partial charge on any atom is -0.465 e. The fraction of sp³-hybridized carbons (Fsp3) is 0.0500. The number of anilines is 3. The van der Waals surface area contributed by atoms with Crippen LogP contribution < -0.4 is 10.6 Å². The predicted octanol–water partition coefficient (Wildman–Crippen LogP) is 4.52. The fourth-order valence-electron chi connectivity index (χ4n) is 2.37. The summed E-state index contributed by atoms with van der Waals surface area (Å²) in [5.41, 5.74) is 1.86. The Bertz CT molecular complexity index is 977. The van der Waals surface area contributed by atoms with E-state index in [4.69, 9.17) is 11.6 Å². The third kappa shape index (κ3) is 4.62. The molecule has 0 aliphatic carbocycles. The van der Waals surface area contributed by atoms with E-state index in [-0.39, 0.29) is 5.91 Å². The topological polar surface area (TPSA) is 80.3 Å². The molecule has 0 spiro atoms. The van der Waals surface area contributed by atoms with Crippen molar-refractivity contribution in [1.29, 1.82) is 0 Å². The lowest BCUT2D eigenvalue weighted by atomic mass is 10.2. The van der Waals surface area contributed by atoms with E-state index in [1.54, 1.807) is 12.1 Å². The maximum absolute atomic E-state index is 12.6. The Morgan fingerprint density at radius 1 is 1.00 bits per heavy atom. The van der Waals surface area contributed by atoms with Crippen LogP contribution in [0.15, 0.2) is 66.9 Å². The average molecular weight is 382 g/mol. The predicted molar refractivity (Wildman–Crippen MR) is 105 cm³/mol. The molecule has 1 amide bonds. The summed E-state index contributed by atoms with van der Waals surface area (Å²) in [6.07, 6.45) is 1.53. The minimum atomic E-state index is -0.513. The van der Waals surface area contributed by atoms with Gasteiger partial charge in [0.25, 0.3) is 5.91 Å². The quantitative estimate of drug-likeness (QED) is 0.635. The van der Waals surface area contributed by atoms with Crippen molar-refractivity contribution in [3.05, 3.63) is 83.0 Å². The van der Waals surface area contributed by atoms with E-state index in [9.17, 15) is 9.59 Å². The maximum Gasteiger partial charge on any atom is 0.337 e. The molecule has 0 saturated heterocycles. The van der Waals surface area contributed by atoms with Crippen molar-refractivity contribution in [2.45, 2.75) is 0 Å². The Morgan fingerprint density at radius 2 is 1.78 bits per heavy atom. The van der Waals surface area contributed by atoms with Crippen molar-refractivity contribution in [3.63, 3.8) is 0 Å². The molecule has 0 unspecified atom stereocenters. The highest BCUT2D eigenvalue weighted by Crippen LogP contribution is 2.24. The molecule has 1 heterocycles. The van der Waals surface area contributed by atoms with Gasteiger partial charge in [-0.05, 0) is 42.5 Å². The summed E-state index contributed by atoms with van der Waals surface area (Å²) in [5, 5.41) is 6.14. The van der Waals surface area contributed by atoms with Gasteiger partial charge in [0.15, 0.2) is 0 Å². The van der Waals surface area contributed by atoms with Crippen molar-refractivity contribution in [2.75, 3.05) is 17.7 Å². The van der Waals surface area contributed by atoms with E-state index in [1.165, 1.54) is 31.5 Å². The smallest absolute Gasteiger partial charge is 0.337 e. The number of pyridine rings is 1. The number of rotatable bonds is 5. The van der Waals surface area contributed by atoms with Gasteiger partial charge in [-0.15, -0.1) is 0 Å². The summed E-state index contributed by atoms with van der Waals surface area (Å²) < 4.78 is 4.68. The van der Waals surface area contributed by atoms with Crippen LogP contribution >= 0.6 is 11.6 Å². The van der Waals surface area contributed by atoms with Crippen molar-refractivity contribution >= 4 is 40.7 Å². The normalized spacial score (nSPS) is 10.1. The van der Waals surface area contributed by atoms with Crippen molar-refractivity contribution in [3.8, 4) is 0 Å². The number of nitrogens with one attached hydrogen (secondary N) is 2. The molecular weight excluding hydrogens is 366 g/mol. The molecule has 136 valence electrons. The van der Waals surface area contributed by atoms with Crippen molar-refractivity contribution in [2.24, 2.45) is 0 Å². The highest BCUT2D eigenvalue weighted by molar-refractivity contribution is 6.34. The maximum atomic E-state index is 12.6. The van der Waals surface area contributed by atoms with Crippen molar-refractivity contribution in [1.82, 2.24) is 4.98 Å². The molecule has 3 aromatic rings. The second-order valence-electron chi connectivity index (χ2n) is 5.56. The first-order valence-corrected chi connectivity index (χ1v) is 8.42. The van der Waals surface area contributed by atoms with Gasteiger partial charge in [0.2, 0.25) is 0 Å². The molecule has 3 rings (SSSR count). The van der Waals surface area contributed by atoms with Gasteiger partial charge in [0.1, 0.15) is 5.82 Å². The lowest BCUT2D eigenvalue weighted by Gasteiger charge is -2.10. The number of para-hydroxylation sites is 1. The number of esters is 1. The zero-order valence-corrected chi connectivity index (χ0v) is 15.2. The van der Waals surface area contributed by atoms with E-state index in [0.717, 1.165) is 5.69 Å². The average Bonchev–Trinajstić information content (AvgIpc) is 2.70. The SMILES string of the molecule is COC(=O)c1ccc(Cl)c(NC(=O)c2ccnc(Nc3ccccc3)c2)c1. The number of amides is 1. The van der Waals surface area contributed by atoms with Crippen LogP contribution in [-0.2, 0) is 4.74 Å². The summed E-state index contributed by atoms with van der Waals surface area (Å²) in [6.45, 7) is 0. The van der Waals surface area contributed by atoms with Crippen LogP contribution in [0.4, 0.5) is 17.2 Å². The molecule has 2 N–H and O–H groups in total. The largest absolute Gasteiger partial charge is 0.465 e. The third-order valence-electron chi connectivity index (χ3n) is 3.70. The van der Waals surface area contributed by atoms with E-state index in [2.05, 4.69) is 20.4 Å². The van der Waals surface area contributed by atoms with Crippen LogP contribution in [0.25, 0.3) is 0 Å². The van der Waals surface area contributed by atoms with E-state index < -0.39 is 5.97 Å². The second kappa shape index (κ2) is 8.33. The summed E-state index contributed by atoms with van der Waals surface area (Å²) in [7, 11) is 1.29. The molecule has 0 aliphatic rings. The van der Waals surface area contributed by atoms with E-state index in [0.29, 0.717) is 27.7 Å². The van der Waals surface area contributed by atoms with Gasteiger partial charge in [0, 0.05) is 17.4 Å². The summed E-state index contributed by atoms with van der Waals surface area (Å²) in [6, 6.07) is 17.2. The molecular formula is C20H16ClN3O3. The molecule has 0 bridgehead atoms. The van der Waals surface area contributed by atoms with Gasteiger partial charge < -0.3 is 15.4 Å². The Morgan fingerprint density at radius 3 is 2.52 bits per heavy atom. The van der Waals surface area contributed by atoms with Gasteiger partial charge in [-0.25, -0.2) is 9.78 Å². The summed E-state index contributed by atoms with van der Waals surface area (Å²) in [4.78, 5) is 28.4. The van der Waals surface area contributed by atoms with Gasteiger partial charge in [0.05, 0.1) is 23.4 Å². The Hall–Kier alpha value is -3.38. The fourth-order valence-corrected chi connectivity index (χ4v) is 2.53. The number of benzene rings is 2. The number of halogens is 1. The Kier molecular flexibility index (Phi) is 5.68. The van der Waals surface area contributed by atoms with Crippen LogP contribution in [0, 0.1) is 0 Å². The minimum absolute atomic E-state index is 0.290. The van der Waals surface area contributed by atoms with Crippen LogP contribution in [0.3, 0.4) is 0 Å². The standard InChI is InChI=1S/C20H16ClN3O3/c1-27-20(26)14-7-8-16(21)17(11-14)24-19(25)13-9-10-22-18(12-13)23-15-5-3-2-4-6-15/h2-12H,1H3,(H,22,23)(H,24,25). The number of aromatic nitrogens is 1. The first kappa shape index (κ1) is 18.4. The van der Waals surface area contributed by atoms with Gasteiger partial charge >= 0.3 is 5.97 Å². The Balaban J connectivity index is 1.79. The highest BCUT2D eigenvalue weighted by Gasteiger charge is 2.13. The Labute approximate surface area is 161 Å². The van der Waals surface area contributed by atoms with Crippen LogP contribution in [0.2, 0.25) is 5.02 Å². The van der Waals surface area contributed by atoms with Crippen LogP contribution in [0.1, 0.15) is 20.7 Å². The molecule has 1 aromatic heterocycles. The zero-order chi connectivity index (χ0) is 19.2. The van der Waals surface area contributed by atoms with Crippen LogP contribution in [0.5, 0.6) is 0 Å². The van der Waals surface area contributed by atoms with Gasteiger partial charge in [-0.3, -0.25) is 4.79 Å². The van der Waals surface area contributed by atoms with E-state index in [1.807, 2.05) is 30.3 Å². The molecule has 27 heavy (non-hydrogen) atoms. The molecule has 6 nitrogen and oxygen atoms in total. The molecule has 0 radical (unpaired) electrons. The first-order valence-electron chi connectivity index (χ1n) is 8.04. The molecule has 0 fully saturated rings. The summed E-state index contributed by atoms with van der Waals surface area (Å²) in [5.74, 6) is -0.360. The lowest BCUT2D eigenvalue weighted by molar-refractivity contribution is 0.0600. The number of ether oxygens (including phenoxy) is 1.